The molecule has 1 saturated heterocycles. The summed E-state index contributed by atoms with van der Waals surface area (Å²) in [7, 11) is 0. The molecule has 2 unspecified atom stereocenters. The van der Waals surface area contributed by atoms with Crippen LogP contribution in [0, 0.1) is 5.41 Å². The van der Waals surface area contributed by atoms with Gasteiger partial charge in [0.15, 0.2) is 5.96 Å². The second-order valence-electron chi connectivity index (χ2n) is 8.11. The van der Waals surface area contributed by atoms with Crippen molar-refractivity contribution in [3.8, 4) is 5.75 Å². The highest BCUT2D eigenvalue weighted by molar-refractivity contribution is 14.0. The number of para-hydroxylation sites is 1. The van der Waals surface area contributed by atoms with E-state index >= 15 is 0 Å². The summed E-state index contributed by atoms with van der Waals surface area (Å²) in [5.74, 6) is 1.83. The number of fused-ring (bicyclic) bond motifs is 1. The standard InChI is InChI=1S/C20H31N3O2.HI/c1-5-21-18(22-13-20(4)10-11-24-14-20)23-16-12-19(2,3)25-17-9-7-6-8-15(16)17;/h6-9,16H,5,10-14H2,1-4H3,(H2,21,22,23);1H. The van der Waals surface area contributed by atoms with E-state index in [1.54, 1.807) is 0 Å². The predicted molar refractivity (Wildman–Crippen MR) is 117 cm³/mol. The Labute approximate surface area is 174 Å². The van der Waals surface area contributed by atoms with E-state index in [1.807, 2.05) is 12.1 Å². The van der Waals surface area contributed by atoms with E-state index in [0.717, 1.165) is 50.9 Å². The van der Waals surface area contributed by atoms with Crippen molar-refractivity contribution in [1.82, 2.24) is 10.6 Å². The molecule has 6 heteroatoms. The van der Waals surface area contributed by atoms with Crippen molar-refractivity contribution in [2.75, 3.05) is 26.3 Å². The zero-order valence-electron chi connectivity index (χ0n) is 16.3. The van der Waals surface area contributed by atoms with Gasteiger partial charge < -0.3 is 20.1 Å². The first-order chi connectivity index (χ1) is 11.9. The first-order valence-electron chi connectivity index (χ1n) is 9.31. The van der Waals surface area contributed by atoms with E-state index < -0.39 is 0 Å². The lowest BCUT2D eigenvalue weighted by Crippen LogP contribution is -2.45. The summed E-state index contributed by atoms with van der Waals surface area (Å²) in [4.78, 5) is 4.86. The fourth-order valence-corrected chi connectivity index (χ4v) is 3.52. The Morgan fingerprint density at radius 1 is 1.27 bits per heavy atom. The number of rotatable bonds is 4. The fraction of sp³-hybridized carbons (Fsp3) is 0.650. The molecule has 0 bridgehead atoms. The molecule has 1 aromatic carbocycles. The van der Waals surface area contributed by atoms with Crippen LogP contribution >= 0.6 is 24.0 Å². The van der Waals surface area contributed by atoms with Crippen LogP contribution in [0.25, 0.3) is 0 Å². The molecule has 0 spiro atoms. The Morgan fingerprint density at radius 3 is 2.73 bits per heavy atom. The van der Waals surface area contributed by atoms with Crippen molar-refractivity contribution in [2.24, 2.45) is 10.4 Å². The van der Waals surface area contributed by atoms with E-state index in [9.17, 15) is 0 Å². The van der Waals surface area contributed by atoms with E-state index in [-0.39, 0.29) is 41.0 Å². The van der Waals surface area contributed by atoms with Crippen molar-refractivity contribution < 1.29 is 9.47 Å². The van der Waals surface area contributed by atoms with Gasteiger partial charge in [-0.3, -0.25) is 4.99 Å². The minimum Gasteiger partial charge on any atom is -0.487 e. The molecule has 2 aliphatic rings. The highest BCUT2D eigenvalue weighted by atomic mass is 127. The zero-order chi connectivity index (χ0) is 17.9. The molecule has 2 N–H and O–H groups in total. The van der Waals surface area contributed by atoms with Crippen LogP contribution in [0.4, 0.5) is 0 Å². The minimum absolute atomic E-state index is 0. The van der Waals surface area contributed by atoms with Gasteiger partial charge >= 0.3 is 0 Å². The highest BCUT2D eigenvalue weighted by Crippen LogP contribution is 2.39. The second kappa shape index (κ2) is 8.78. The van der Waals surface area contributed by atoms with Crippen LogP contribution < -0.4 is 15.4 Å². The number of hydrogen-bond donors (Lipinski definition) is 2. The van der Waals surface area contributed by atoms with Crippen LogP contribution in [-0.4, -0.2) is 37.9 Å². The molecule has 0 saturated carbocycles. The molecule has 2 heterocycles. The van der Waals surface area contributed by atoms with Crippen molar-refractivity contribution in [1.29, 1.82) is 0 Å². The van der Waals surface area contributed by atoms with Crippen molar-refractivity contribution in [2.45, 2.75) is 52.2 Å². The monoisotopic (exact) mass is 473 g/mol. The first kappa shape index (κ1) is 21.3. The second-order valence-corrected chi connectivity index (χ2v) is 8.11. The Morgan fingerprint density at radius 2 is 2.04 bits per heavy atom. The van der Waals surface area contributed by atoms with Gasteiger partial charge in [-0.1, -0.05) is 25.1 Å². The molecular weight excluding hydrogens is 441 g/mol. The largest absolute Gasteiger partial charge is 0.487 e. The van der Waals surface area contributed by atoms with Gasteiger partial charge in [0.2, 0.25) is 0 Å². The molecule has 0 aromatic heterocycles. The first-order valence-corrected chi connectivity index (χ1v) is 9.31. The van der Waals surface area contributed by atoms with Gasteiger partial charge in [0, 0.05) is 30.6 Å². The molecule has 0 aliphatic carbocycles. The number of guanidine groups is 1. The number of benzene rings is 1. The van der Waals surface area contributed by atoms with E-state index in [2.05, 4.69) is 50.5 Å². The molecule has 146 valence electrons. The van der Waals surface area contributed by atoms with Gasteiger partial charge in [-0.25, -0.2) is 0 Å². The summed E-state index contributed by atoms with van der Waals surface area (Å²) in [6.07, 6.45) is 1.97. The number of ether oxygens (including phenoxy) is 2. The SMILES string of the molecule is CCNC(=NCC1(C)CCOC1)NC1CC(C)(C)Oc2ccccc21.I. The van der Waals surface area contributed by atoms with Gasteiger partial charge in [-0.2, -0.15) is 0 Å². The predicted octanol–water partition coefficient (Wildman–Crippen LogP) is 3.89. The molecule has 26 heavy (non-hydrogen) atoms. The Hall–Kier alpha value is -1.02. The smallest absolute Gasteiger partial charge is 0.191 e. The lowest BCUT2D eigenvalue weighted by molar-refractivity contribution is 0.0694. The van der Waals surface area contributed by atoms with Crippen molar-refractivity contribution in [3.05, 3.63) is 29.8 Å². The summed E-state index contributed by atoms with van der Waals surface area (Å²) in [6, 6.07) is 8.46. The summed E-state index contributed by atoms with van der Waals surface area (Å²) >= 11 is 0. The van der Waals surface area contributed by atoms with Crippen LogP contribution in [0.15, 0.2) is 29.3 Å². The van der Waals surface area contributed by atoms with E-state index in [0.29, 0.717) is 0 Å². The van der Waals surface area contributed by atoms with E-state index in [1.165, 1.54) is 5.56 Å². The van der Waals surface area contributed by atoms with Crippen LogP contribution in [-0.2, 0) is 4.74 Å². The molecule has 2 aliphatic heterocycles. The van der Waals surface area contributed by atoms with Crippen molar-refractivity contribution >= 4 is 29.9 Å². The third-order valence-electron chi connectivity index (χ3n) is 4.95. The third-order valence-corrected chi connectivity index (χ3v) is 4.95. The Bertz CT molecular complexity index is 627. The number of nitrogens with zero attached hydrogens (tertiary/aromatic N) is 1. The zero-order valence-corrected chi connectivity index (χ0v) is 18.6. The molecule has 1 fully saturated rings. The van der Waals surface area contributed by atoms with Crippen LogP contribution in [0.2, 0.25) is 0 Å². The molecule has 0 radical (unpaired) electrons. The molecule has 2 atom stereocenters. The van der Waals surface area contributed by atoms with Gasteiger partial charge in [0.25, 0.3) is 0 Å². The van der Waals surface area contributed by atoms with Crippen LogP contribution in [0.1, 0.15) is 52.1 Å². The minimum atomic E-state index is -0.200. The highest BCUT2D eigenvalue weighted by Gasteiger charge is 2.34. The van der Waals surface area contributed by atoms with Gasteiger partial charge in [-0.15, -0.1) is 24.0 Å². The summed E-state index contributed by atoms with van der Waals surface area (Å²) < 4.78 is 11.7. The van der Waals surface area contributed by atoms with Crippen LogP contribution in [0.3, 0.4) is 0 Å². The summed E-state index contributed by atoms with van der Waals surface area (Å²) in [6.45, 7) is 11.9. The quantitative estimate of drug-likeness (QED) is 0.396. The van der Waals surface area contributed by atoms with Crippen LogP contribution in [0.5, 0.6) is 5.75 Å². The van der Waals surface area contributed by atoms with Gasteiger partial charge in [0.05, 0.1) is 19.2 Å². The maximum atomic E-state index is 6.13. The Kier molecular flexibility index (Phi) is 7.19. The number of halogens is 1. The molecule has 5 nitrogen and oxygen atoms in total. The fourth-order valence-electron chi connectivity index (χ4n) is 3.52. The average Bonchev–Trinajstić information content (AvgIpc) is 2.99. The summed E-state index contributed by atoms with van der Waals surface area (Å²) in [5.41, 5.74) is 1.15. The molecule has 3 rings (SSSR count). The third kappa shape index (κ3) is 5.25. The number of aliphatic imine (C=N–C) groups is 1. The lowest BCUT2D eigenvalue weighted by Gasteiger charge is -2.38. The number of nitrogens with one attached hydrogen (secondary N) is 2. The molecule has 1 aromatic rings. The van der Waals surface area contributed by atoms with Gasteiger partial charge in [-0.05, 0) is 33.3 Å². The Balaban J connectivity index is 0.00000243. The molecular formula is C20H32IN3O2. The molecule has 0 amide bonds. The summed E-state index contributed by atoms with van der Waals surface area (Å²) in [5, 5.41) is 7.01. The topological polar surface area (TPSA) is 54.9 Å². The normalized spacial score (nSPS) is 27.1. The van der Waals surface area contributed by atoms with Gasteiger partial charge in [0.1, 0.15) is 11.4 Å². The maximum Gasteiger partial charge on any atom is 0.191 e. The van der Waals surface area contributed by atoms with Crippen molar-refractivity contribution in [3.63, 3.8) is 0 Å². The lowest BCUT2D eigenvalue weighted by atomic mass is 9.89. The van der Waals surface area contributed by atoms with E-state index in [4.69, 9.17) is 14.5 Å². The maximum absolute atomic E-state index is 6.13. The average molecular weight is 473 g/mol. The number of hydrogen-bond acceptors (Lipinski definition) is 3.